The summed E-state index contributed by atoms with van der Waals surface area (Å²) in [6, 6.07) is 21.4. The second-order valence-corrected chi connectivity index (χ2v) is 6.20. The molecule has 0 radical (unpaired) electrons. The van der Waals surface area contributed by atoms with Crippen LogP contribution in [0, 0.1) is 0 Å². The predicted molar refractivity (Wildman–Crippen MR) is 95.6 cm³/mol. The van der Waals surface area contributed by atoms with Crippen LogP contribution < -0.4 is 4.74 Å². The van der Waals surface area contributed by atoms with Crippen LogP contribution >= 0.6 is 0 Å². The van der Waals surface area contributed by atoms with E-state index < -0.39 is 11.0 Å². The van der Waals surface area contributed by atoms with Gasteiger partial charge in [-0.15, -0.1) is 0 Å². The smallest absolute Gasteiger partial charge is 0.177 e. The zero-order valence-electron chi connectivity index (χ0n) is 13.0. The van der Waals surface area contributed by atoms with E-state index in [1.54, 1.807) is 7.11 Å². The molecule has 0 saturated heterocycles. The summed E-state index contributed by atoms with van der Waals surface area (Å²) in [4.78, 5) is 0.612. The molecule has 116 valence electrons. The highest BCUT2D eigenvalue weighted by atomic mass is 32.2. The summed E-state index contributed by atoms with van der Waals surface area (Å²) in [5.74, 6) is 0.589. The SMILES string of the molecule is COc1ccc2ccccc2c1[S@](=O)/N=C(\C)c1ccccc1. The van der Waals surface area contributed by atoms with Gasteiger partial charge in [0.05, 0.1) is 12.8 Å². The van der Waals surface area contributed by atoms with Crippen LogP contribution in [0.2, 0.25) is 0 Å². The van der Waals surface area contributed by atoms with E-state index in [2.05, 4.69) is 4.40 Å². The van der Waals surface area contributed by atoms with Gasteiger partial charge in [0, 0.05) is 5.39 Å². The molecule has 0 aliphatic heterocycles. The first-order chi connectivity index (χ1) is 11.2. The number of methoxy groups -OCH3 is 1. The Hall–Kier alpha value is -2.46. The van der Waals surface area contributed by atoms with Crippen molar-refractivity contribution in [1.82, 2.24) is 0 Å². The highest BCUT2D eigenvalue weighted by Crippen LogP contribution is 2.31. The molecule has 0 amide bonds. The van der Waals surface area contributed by atoms with Crippen molar-refractivity contribution >= 4 is 27.5 Å². The Balaban J connectivity index is 2.10. The lowest BCUT2D eigenvalue weighted by atomic mass is 10.1. The molecule has 4 heteroatoms. The molecule has 0 fully saturated rings. The molecule has 0 saturated carbocycles. The lowest BCUT2D eigenvalue weighted by Crippen LogP contribution is -2.00. The third-order valence-electron chi connectivity index (χ3n) is 3.65. The van der Waals surface area contributed by atoms with Crippen molar-refractivity contribution < 1.29 is 8.95 Å². The van der Waals surface area contributed by atoms with Crippen LogP contribution in [-0.4, -0.2) is 17.0 Å². The van der Waals surface area contributed by atoms with Gasteiger partial charge in [0.2, 0.25) is 0 Å². The number of hydrogen-bond donors (Lipinski definition) is 0. The number of nitrogens with zero attached hydrogens (tertiary/aromatic N) is 1. The quantitative estimate of drug-likeness (QED) is 0.668. The average Bonchev–Trinajstić information content (AvgIpc) is 2.61. The summed E-state index contributed by atoms with van der Waals surface area (Å²) in [7, 11) is 0.0449. The van der Waals surface area contributed by atoms with Crippen LogP contribution in [0.25, 0.3) is 10.8 Å². The van der Waals surface area contributed by atoms with Crippen molar-refractivity contribution in [2.45, 2.75) is 11.8 Å². The van der Waals surface area contributed by atoms with Crippen molar-refractivity contribution in [1.29, 1.82) is 0 Å². The molecular weight excluding hydrogens is 306 g/mol. The molecule has 23 heavy (non-hydrogen) atoms. The topological polar surface area (TPSA) is 38.7 Å². The lowest BCUT2D eigenvalue weighted by molar-refractivity contribution is 0.405. The van der Waals surface area contributed by atoms with Crippen LogP contribution in [0.1, 0.15) is 12.5 Å². The number of fused-ring (bicyclic) bond motifs is 1. The first-order valence-corrected chi connectivity index (χ1v) is 8.39. The Bertz CT molecular complexity index is 888. The van der Waals surface area contributed by atoms with Gasteiger partial charge in [-0.05, 0) is 23.9 Å². The van der Waals surface area contributed by atoms with E-state index in [0.717, 1.165) is 22.0 Å². The second-order valence-electron chi connectivity index (χ2n) is 5.11. The van der Waals surface area contributed by atoms with Crippen molar-refractivity contribution in [3.63, 3.8) is 0 Å². The van der Waals surface area contributed by atoms with E-state index in [4.69, 9.17) is 4.74 Å². The van der Waals surface area contributed by atoms with Crippen molar-refractivity contribution in [3.05, 3.63) is 72.3 Å². The normalized spacial score (nSPS) is 13.0. The molecular formula is C19H17NO2S. The van der Waals surface area contributed by atoms with Gasteiger partial charge in [-0.2, -0.15) is 4.40 Å². The summed E-state index contributed by atoms with van der Waals surface area (Å²) in [5, 5.41) is 1.92. The van der Waals surface area contributed by atoms with Gasteiger partial charge in [-0.1, -0.05) is 60.7 Å². The molecule has 1 atom stereocenters. The minimum absolute atomic E-state index is 0.589. The maximum absolute atomic E-state index is 12.9. The Morgan fingerprint density at radius 1 is 0.957 bits per heavy atom. The maximum atomic E-state index is 12.9. The van der Waals surface area contributed by atoms with E-state index in [0.29, 0.717) is 10.6 Å². The van der Waals surface area contributed by atoms with Gasteiger partial charge in [0.1, 0.15) is 10.6 Å². The molecule has 3 aromatic rings. The van der Waals surface area contributed by atoms with E-state index in [1.165, 1.54) is 0 Å². The Labute approximate surface area is 138 Å². The average molecular weight is 323 g/mol. The van der Waals surface area contributed by atoms with E-state index >= 15 is 0 Å². The summed E-state index contributed by atoms with van der Waals surface area (Å²) in [5.41, 5.74) is 1.69. The predicted octanol–water partition coefficient (Wildman–Crippen LogP) is 4.38. The van der Waals surface area contributed by atoms with Gasteiger partial charge >= 0.3 is 0 Å². The van der Waals surface area contributed by atoms with Gasteiger partial charge < -0.3 is 4.74 Å². The second kappa shape index (κ2) is 6.75. The van der Waals surface area contributed by atoms with E-state index in [1.807, 2.05) is 73.7 Å². The third-order valence-corrected chi connectivity index (χ3v) is 4.86. The first-order valence-electron chi connectivity index (χ1n) is 7.29. The highest BCUT2D eigenvalue weighted by molar-refractivity contribution is 7.84. The monoisotopic (exact) mass is 323 g/mol. The fraction of sp³-hybridized carbons (Fsp3) is 0.105. The summed E-state index contributed by atoms with van der Waals surface area (Å²) in [6.07, 6.45) is 0. The summed E-state index contributed by atoms with van der Waals surface area (Å²) >= 11 is 0. The van der Waals surface area contributed by atoms with Crippen LogP contribution in [0.3, 0.4) is 0 Å². The zero-order valence-corrected chi connectivity index (χ0v) is 13.8. The fourth-order valence-electron chi connectivity index (χ4n) is 2.47. The number of ether oxygens (including phenoxy) is 1. The highest BCUT2D eigenvalue weighted by Gasteiger charge is 2.15. The minimum Gasteiger partial charge on any atom is -0.495 e. The third kappa shape index (κ3) is 3.17. The van der Waals surface area contributed by atoms with Gasteiger partial charge in [-0.3, -0.25) is 0 Å². The molecule has 0 bridgehead atoms. The molecule has 3 aromatic carbocycles. The van der Waals surface area contributed by atoms with Gasteiger partial charge in [0.25, 0.3) is 0 Å². The largest absolute Gasteiger partial charge is 0.495 e. The molecule has 3 nitrogen and oxygen atoms in total. The molecule has 0 unspecified atom stereocenters. The van der Waals surface area contributed by atoms with Gasteiger partial charge in [-0.25, -0.2) is 4.21 Å². The van der Waals surface area contributed by atoms with Crippen LogP contribution in [-0.2, 0) is 11.0 Å². The van der Waals surface area contributed by atoms with Crippen molar-refractivity contribution in [3.8, 4) is 5.75 Å². The Kier molecular flexibility index (Phi) is 4.53. The number of benzene rings is 3. The van der Waals surface area contributed by atoms with Crippen LogP contribution in [0.15, 0.2) is 76.0 Å². The van der Waals surface area contributed by atoms with Gasteiger partial charge in [0.15, 0.2) is 11.0 Å². The number of rotatable bonds is 4. The molecule has 0 aliphatic carbocycles. The first kappa shape index (κ1) is 15.4. The summed E-state index contributed by atoms with van der Waals surface area (Å²) in [6.45, 7) is 1.87. The molecule has 0 N–H and O–H groups in total. The van der Waals surface area contributed by atoms with Crippen molar-refractivity contribution in [2.75, 3.05) is 7.11 Å². The minimum atomic E-state index is -1.54. The standard InChI is InChI=1S/C19H17NO2S/c1-14(15-8-4-3-5-9-15)20-23(21)19-17-11-7-6-10-16(17)12-13-18(19)22-2/h3-13H,1-2H3/b20-14+/t23-/m0/s1. The maximum Gasteiger partial charge on any atom is 0.177 e. The fourth-order valence-corrected chi connectivity index (χ4v) is 3.61. The zero-order chi connectivity index (χ0) is 16.2. The molecule has 0 aliphatic rings. The number of hydrogen-bond acceptors (Lipinski definition) is 2. The van der Waals surface area contributed by atoms with E-state index in [-0.39, 0.29) is 0 Å². The van der Waals surface area contributed by atoms with Crippen molar-refractivity contribution in [2.24, 2.45) is 4.40 Å². The molecule has 0 spiro atoms. The molecule has 3 rings (SSSR count). The van der Waals surface area contributed by atoms with E-state index in [9.17, 15) is 4.21 Å². The molecule has 0 aromatic heterocycles. The Morgan fingerprint density at radius 2 is 1.65 bits per heavy atom. The lowest BCUT2D eigenvalue weighted by Gasteiger charge is -2.10. The molecule has 0 heterocycles. The Morgan fingerprint density at radius 3 is 2.39 bits per heavy atom. The van der Waals surface area contributed by atoms with Crippen LogP contribution in [0.5, 0.6) is 5.75 Å². The summed E-state index contributed by atoms with van der Waals surface area (Å²) < 4.78 is 22.7. The van der Waals surface area contributed by atoms with Crippen LogP contribution in [0.4, 0.5) is 0 Å².